The van der Waals surface area contributed by atoms with Gasteiger partial charge >= 0.3 is 0 Å². The minimum absolute atomic E-state index is 0.0706. The smallest absolute Gasteiger partial charge is 0.266 e. The van der Waals surface area contributed by atoms with E-state index in [-0.39, 0.29) is 29.8 Å². The van der Waals surface area contributed by atoms with E-state index in [1.807, 2.05) is 40.1 Å². The van der Waals surface area contributed by atoms with Gasteiger partial charge in [-0.3, -0.25) is 14.5 Å². The fourth-order valence-corrected chi connectivity index (χ4v) is 3.80. The fraction of sp³-hybridized carbons (Fsp3) is 0.333. The molecule has 33 heavy (non-hydrogen) atoms. The minimum atomic E-state index is -0.548. The summed E-state index contributed by atoms with van der Waals surface area (Å²) in [5.41, 5.74) is 1.21. The molecule has 1 aliphatic rings. The number of carbonyl (C=O) groups is 2. The second-order valence-corrected chi connectivity index (χ2v) is 7.95. The van der Waals surface area contributed by atoms with Gasteiger partial charge in [0.25, 0.3) is 5.89 Å². The third-order valence-corrected chi connectivity index (χ3v) is 5.58. The number of hydrogen-bond donors (Lipinski definition) is 1. The topological polar surface area (TPSA) is 116 Å². The number of rotatable bonds is 8. The van der Waals surface area contributed by atoms with Gasteiger partial charge in [0.05, 0.1) is 18.8 Å². The molecule has 3 aromatic rings. The summed E-state index contributed by atoms with van der Waals surface area (Å²) in [6.45, 7) is 4.07. The molecule has 3 heterocycles. The molecule has 9 heteroatoms. The van der Waals surface area contributed by atoms with Crippen molar-refractivity contribution in [2.24, 2.45) is 0 Å². The van der Waals surface area contributed by atoms with Crippen molar-refractivity contribution in [1.29, 1.82) is 5.26 Å². The quantitative estimate of drug-likeness (QED) is 0.559. The molecule has 1 N–H and O–H groups in total. The van der Waals surface area contributed by atoms with Gasteiger partial charge in [0.2, 0.25) is 17.5 Å². The van der Waals surface area contributed by atoms with Gasteiger partial charge in [-0.25, -0.2) is 0 Å². The summed E-state index contributed by atoms with van der Waals surface area (Å²) in [4.78, 5) is 32.8. The summed E-state index contributed by atoms with van der Waals surface area (Å²) in [6.07, 6.45) is 1.99. The number of benzene rings is 1. The average molecular weight is 447 g/mol. The van der Waals surface area contributed by atoms with Crippen LogP contribution in [0.15, 0.2) is 57.6 Å². The van der Waals surface area contributed by atoms with E-state index >= 15 is 0 Å². The monoisotopic (exact) mass is 447 g/mol. The molecule has 1 aliphatic heterocycles. The molecule has 0 saturated carbocycles. The summed E-state index contributed by atoms with van der Waals surface area (Å²) in [5.74, 6) is 0.883. The summed E-state index contributed by atoms with van der Waals surface area (Å²) in [5, 5.41) is 12.3. The summed E-state index contributed by atoms with van der Waals surface area (Å²) in [6, 6.07) is 14.6. The second-order valence-electron chi connectivity index (χ2n) is 7.95. The van der Waals surface area contributed by atoms with E-state index in [9.17, 15) is 14.9 Å². The zero-order valence-electron chi connectivity index (χ0n) is 18.4. The predicted octanol–water partition coefficient (Wildman–Crippen LogP) is 2.24. The molecular formula is C24H25N5O4. The van der Waals surface area contributed by atoms with Crippen LogP contribution in [0.5, 0.6) is 0 Å². The molecule has 1 aromatic carbocycles. The van der Waals surface area contributed by atoms with Gasteiger partial charge < -0.3 is 19.1 Å². The molecule has 1 amide bonds. The number of aromatic nitrogens is 1. The van der Waals surface area contributed by atoms with Gasteiger partial charge in [0, 0.05) is 26.2 Å². The maximum absolute atomic E-state index is 12.6. The highest BCUT2D eigenvalue weighted by molar-refractivity contribution is 5.88. The third kappa shape index (κ3) is 5.48. The first kappa shape index (κ1) is 22.3. The van der Waals surface area contributed by atoms with Gasteiger partial charge in [-0.15, -0.1) is 0 Å². The van der Waals surface area contributed by atoms with E-state index in [2.05, 4.69) is 16.4 Å². The van der Waals surface area contributed by atoms with Gasteiger partial charge in [-0.1, -0.05) is 30.3 Å². The van der Waals surface area contributed by atoms with Crippen molar-refractivity contribution in [3.63, 3.8) is 0 Å². The Morgan fingerprint density at radius 1 is 1.15 bits per heavy atom. The summed E-state index contributed by atoms with van der Waals surface area (Å²) in [7, 11) is 0. The van der Waals surface area contributed by atoms with Crippen molar-refractivity contribution in [3.05, 3.63) is 60.0 Å². The standard InChI is InChI=1S/C24H25N5O4/c1-17(30)19(14-18-6-3-2-4-7-18)26-22(31)16-28-9-11-29(12-10-28)24-20(15-25)27-23(33-24)21-8-5-13-32-21/h2-8,13,19H,9-12,14,16H2,1H3,(H,26,31)/t19-/m1/s1. The summed E-state index contributed by atoms with van der Waals surface area (Å²) < 4.78 is 11.1. The Morgan fingerprint density at radius 3 is 2.55 bits per heavy atom. The normalized spacial score (nSPS) is 15.1. The van der Waals surface area contributed by atoms with E-state index in [1.165, 1.54) is 13.2 Å². The minimum Gasteiger partial charge on any atom is -0.459 e. The van der Waals surface area contributed by atoms with Gasteiger partial charge in [0.15, 0.2) is 11.5 Å². The van der Waals surface area contributed by atoms with Crippen molar-refractivity contribution in [2.75, 3.05) is 37.6 Å². The lowest BCUT2D eigenvalue weighted by Crippen LogP contribution is -2.51. The van der Waals surface area contributed by atoms with Crippen molar-refractivity contribution in [2.45, 2.75) is 19.4 Å². The van der Waals surface area contributed by atoms with Gasteiger partial charge in [-0.05, 0) is 31.0 Å². The Labute approximate surface area is 191 Å². The maximum Gasteiger partial charge on any atom is 0.266 e. The SMILES string of the molecule is CC(=O)[C@@H](Cc1ccccc1)NC(=O)CN1CCN(c2oc(-c3ccco3)nc2C#N)CC1. The number of nitrogens with one attached hydrogen (secondary N) is 1. The van der Waals surface area contributed by atoms with E-state index in [0.29, 0.717) is 44.2 Å². The largest absolute Gasteiger partial charge is 0.459 e. The van der Waals surface area contributed by atoms with Gasteiger partial charge in [0.1, 0.15) is 6.07 Å². The number of amides is 1. The number of anilines is 1. The molecule has 0 spiro atoms. The number of nitriles is 1. The number of hydrogen-bond acceptors (Lipinski definition) is 8. The number of oxazole rings is 1. The fourth-order valence-electron chi connectivity index (χ4n) is 3.80. The molecule has 0 radical (unpaired) electrons. The number of ketones is 1. The summed E-state index contributed by atoms with van der Waals surface area (Å²) >= 11 is 0. The molecule has 0 unspecified atom stereocenters. The Bertz CT molecular complexity index is 1130. The number of furan rings is 1. The number of Topliss-reactive ketones (excluding diaryl/α,β-unsaturated/α-hetero) is 1. The van der Waals surface area contributed by atoms with Crippen molar-refractivity contribution in [3.8, 4) is 17.7 Å². The highest BCUT2D eigenvalue weighted by Crippen LogP contribution is 2.29. The van der Waals surface area contributed by atoms with Crippen molar-refractivity contribution in [1.82, 2.24) is 15.2 Å². The Morgan fingerprint density at radius 2 is 1.91 bits per heavy atom. The zero-order valence-corrected chi connectivity index (χ0v) is 18.4. The van der Waals surface area contributed by atoms with Crippen LogP contribution >= 0.6 is 0 Å². The predicted molar refractivity (Wildman–Crippen MR) is 120 cm³/mol. The average Bonchev–Trinajstić information content (AvgIpc) is 3.50. The van der Waals surface area contributed by atoms with Crippen LogP contribution < -0.4 is 10.2 Å². The molecule has 0 bridgehead atoms. The van der Waals surface area contributed by atoms with Crippen LogP contribution in [0.3, 0.4) is 0 Å². The Balaban J connectivity index is 1.31. The van der Waals surface area contributed by atoms with E-state index in [1.54, 1.807) is 12.1 Å². The first-order chi connectivity index (χ1) is 16.0. The number of piperazine rings is 1. The lowest BCUT2D eigenvalue weighted by atomic mass is 10.0. The van der Waals surface area contributed by atoms with Crippen LogP contribution in [-0.2, 0) is 16.0 Å². The Hall–Kier alpha value is -3.90. The molecule has 4 rings (SSSR count). The lowest BCUT2D eigenvalue weighted by molar-refractivity contribution is -0.127. The second kappa shape index (κ2) is 10.1. The highest BCUT2D eigenvalue weighted by atomic mass is 16.4. The molecule has 9 nitrogen and oxygen atoms in total. The van der Waals surface area contributed by atoms with Crippen LogP contribution in [0, 0.1) is 11.3 Å². The molecule has 2 aromatic heterocycles. The van der Waals surface area contributed by atoms with E-state index < -0.39 is 6.04 Å². The van der Waals surface area contributed by atoms with Crippen LogP contribution in [0.2, 0.25) is 0 Å². The number of carbonyl (C=O) groups excluding carboxylic acids is 2. The third-order valence-electron chi connectivity index (χ3n) is 5.58. The zero-order chi connectivity index (χ0) is 23.2. The highest BCUT2D eigenvalue weighted by Gasteiger charge is 2.27. The van der Waals surface area contributed by atoms with Gasteiger partial charge in [-0.2, -0.15) is 10.2 Å². The number of nitrogens with zero attached hydrogens (tertiary/aromatic N) is 4. The molecule has 170 valence electrons. The molecule has 1 saturated heterocycles. The Kier molecular flexibility index (Phi) is 6.86. The molecule has 0 aliphatic carbocycles. The van der Waals surface area contributed by atoms with Crippen molar-refractivity contribution >= 4 is 17.6 Å². The van der Waals surface area contributed by atoms with Crippen LogP contribution in [0.4, 0.5) is 5.88 Å². The molecule has 1 atom stereocenters. The van der Waals surface area contributed by atoms with Crippen LogP contribution in [0.1, 0.15) is 18.2 Å². The first-order valence-corrected chi connectivity index (χ1v) is 10.8. The van der Waals surface area contributed by atoms with Crippen molar-refractivity contribution < 1.29 is 18.4 Å². The van der Waals surface area contributed by atoms with E-state index in [4.69, 9.17) is 8.83 Å². The van der Waals surface area contributed by atoms with E-state index in [0.717, 1.165) is 5.56 Å². The maximum atomic E-state index is 12.6. The lowest BCUT2D eigenvalue weighted by Gasteiger charge is -2.34. The van der Waals surface area contributed by atoms with Crippen LogP contribution in [-0.4, -0.2) is 60.3 Å². The molecular weight excluding hydrogens is 422 g/mol. The first-order valence-electron chi connectivity index (χ1n) is 10.8. The molecule has 1 fully saturated rings. The van der Waals surface area contributed by atoms with Crippen LogP contribution in [0.25, 0.3) is 11.7 Å².